The Morgan fingerprint density at radius 3 is 2.73 bits per heavy atom. The molecule has 0 bridgehead atoms. The van der Waals surface area contributed by atoms with Crippen LogP contribution in [0.2, 0.25) is 5.02 Å². The van der Waals surface area contributed by atoms with E-state index in [2.05, 4.69) is 0 Å². The lowest BCUT2D eigenvalue weighted by Gasteiger charge is -2.04. The van der Waals surface area contributed by atoms with Crippen molar-refractivity contribution in [1.29, 1.82) is 0 Å². The molecule has 0 fully saturated rings. The number of hydrogen-bond donors (Lipinski definition) is 0. The van der Waals surface area contributed by atoms with Crippen molar-refractivity contribution in [1.82, 2.24) is 0 Å². The van der Waals surface area contributed by atoms with E-state index >= 15 is 0 Å². The van der Waals surface area contributed by atoms with E-state index in [-0.39, 0.29) is 12.5 Å². The summed E-state index contributed by atoms with van der Waals surface area (Å²) < 4.78 is 32.1. The lowest BCUT2D eigenvalue weighted by atomic mass is 10.2. The Morgan fingerprint density at radius 2 is 2.07 bits per heavy atom. The molecule has 1 aromatic carbocycles. The minimum absolute atomic E-state index is 0.0605. The second-order valence-corrected chi connectivity index (χ2v) is 6.20. The van der Waals surface area contributed by atoms with Crippen molar-refractivity contribution in [2.75, 3.05) is 6.79 Å². The summed E-state index contributed by atoms with van der Waals surface area (Å²) in [6.07, 6.45) is 0. The van der Waals surface area contributed by atoms with Gasteiger partial charge in [0.2, 0.25) is 15.8 Å². The number of ether oxygens (including phenoxy) is 2. The normalized spacial score (nSPS) is 14.3. The summed E-state index contributed by atoms with van der Waals surface area (Å²) >= 11 is 5.78. The van der Waals surface area contributed by atoms with E-state index in [0.717, 1.165) is 0 Å². The monoisotopic (exact) mass is 268 g/mol. The van der Waals surface area contributed by atoms with Crippen LogP contribution in [0.4, 0.5) is 0 Å². The van der Waals surface area contributed by atoms with Crippen LogP contribution in [0.15, 0.2) is 12.1 Å². The van der Waals surface area contributed by atoms with Gasteiger partial charge < -0.3 is 9.47 Å². The molecule has 0 spiro atoms. The molecule has 2 rings (SSSR count). The lowest BCUT2D eigenvalue weighted by molar-refractivity contribution is 0.173. The summed E-state index contributed by atoms with van der Waals surface area (Å²) in [5.41, 5.74) is 0.407. The summed E-state index contributed by atoms with van der Waals surface area (Å²) in [6.45, 7) is 0.0605. The van der Waals surface area contributed by atoms with E-state index in [0.29, 0.717) is 22.1 Å². The van der Waals surface area contributed by atoms with Gasteiger partial charge in [0.05, 0.1) is 5.75 Å². The first-order chi connectivity index (χ1) is 6.96. The van der Waals surface area contributed by atoms with Gasteiger partial charge in [-0.3, -0.25) is 0 Å². The Labute approximate surface area is 96.1 Å². The molecule has 1 aliphatic heterocycles. The van der Waals surface area contributed by atoms with Crippen molar-refractivity contribution in [3.05, 3.63) is 22.7 Å². The van der Waals surface area contributed by atoms with E-state index < -0.39 is 9.05 Å². The molecule has 0 saturated heterocycles. The summed E-state index contributed by atoms with van der Waals surface area (Å²) in [5, 5.41) is 0.384. The van der Waals surface area contributed by atoms with Gasteiger partial charge in [0.1, 0.15) is 0 Å². The van der Waals surface area contributed by atoms with E-state index in [9.17, 15) is 8.42 Å². The molecule has 0 N–H and O–H groups in total. The maximum atomic E-state index is 10.9. The molecule has 0 unspecified atom stereocenters. The number of hydrogen-bond acceptors (Lipinski definition) is 4. The molecule has 1 aliphatic rings. The standard InChI is InChI=1S/C8H6Cl2O4S/c9-6-1-5(3-15(10,11)12)8-7(2-6)13-4-14-8/h1-2H,3-4H2. The Hall–Kier alpha value is -0.650. The highest BCUT2D eigenvalue weighted by Crippen LogP contribution is 2.39. The molecule has 0 atom stereocenters. The van der Waals surface area contributed by atoms with E-state index in [1.807, 2.05) is 0 Å². The number of halogens is 2. The maximum Gasteiger partial charge on any atom is 0.236 e. The topological polar surface area (TPSA) is 52.6 Å². The Balaban J connectivity index is 2.47. The quantitative estimate of drug-likeness (QED) is 0.772. The SMILES string of the molecule is O=S(=O)(Cl)Cc1cc(Cl)cc2c1OCO2. The molecule has 82 valence electrons. The van der Waals surface area contributed by atoms with Crippen molar-refractivity contribution >= 4 is 31.3 Å². The van der Waals surface area contributed by atoms with E-state index in [1.54, 1.807) is 6.07 Å². The minimum Gasteiger partial charge on any atom is -0.454 e. The third-order valence-corrected chi connectivity index (χ3v) is 3.04. The average molecular weight is 269 g/mol. The lowest BCUT2D eigenvalue weighted by Crippen LogP contribution is -1.98. The molecule has 7 heteroatoms. The van der Waals surface area contributed by atoms with Gasteiger partial charge in [-0.2, -0.15) is 0 Å². The summed E-state index contributed by atoms with van der Waals surface area (Å²) in [5.74, 6) is 0.502. The van der Waals surface area contributed by atoms with Gasteiger partial charge in [-0.15, -0.1) is 0 Å². The zero-order valence-corrected chi connectivity index (χ0v) is 9.69. The van der Waals surface area contributed by atoms with Crippen LogP contribution in [-0.2, 0) is 14.8 Å². The largest absolute Gasteiger partial charge is 0.454 e. The third kappa shape index (κ3) is 2.48. The highest BCUT2D eigenvalue weighted by molar-refractivity contribution is 8.13. The molecular formula is C8H6Cl2O4S. The van der Waals surface area contributed by atoms with Crippen molar-refractivity contribution in [3.63, 3.8) is 0 Å². The zero-order chi connectivity index (χ0) is 11.1. The first kappa shape index (κ1) is 10.9. The van der Waals surface area contributed by atoms with Gasteiger partial charge >= 0.3 is 0 Å². The molecule has 15 heavy (non-hydrogen) atoms. The fraction of sp³-hybridized carbons (Fsp3) is 0.250. The molecule has 0 aromatic heterocycles. The Kier molecular flexibility index (Phi) is 2.70. The predicted molar refractivity (Wildman–Crippen MR) is 56.1 cm³/mol. The molecule has 0 saturated carbocycles. The van der Waals surface area contributed by atoms with Gasteiger partial charge in [-0.05, 0) is 6.07 Å². The first-order valence-corrected chi connectivity index (χ1v) is 6.82. The van der Waals surface area contributed by atoms with Crippen LogP contribution in [0, 0.1) is 0 Å². The van der Waals surface area contributed by atoms with Crippen LogP contribution in [0.5, 0.6) is 11.5 Å². The van der Waals surface area contributed by atoms with Crippen molar-refractivity contribution < 1.29 is 17.9 Å². The molecule has 1 aromatic rings. The minimum atomic E-state index is -3.64. The fourth-order valence-electron chi connectivity index (χ4n) is 1.34. The van der Waals surface area contributed by atoms with Crippen molar-refractivity contribution in [2.45, 2.75) is 5.75 Å². The first-order valence-electron chi connectivity index (χ1n) is 3.96. The van der Waals surface area contributed by atoms with Gasteiger partial charge in [0.15, 0.2) is 11.5 Å². The van der Waals surface area contributed by atoms with E-state index in [4.69, 9.17) is 31.8 Å². The van der Waals surface area contributed by atoms with Crippen LogP contribution in [0.3, 0.4) is 0 Å². The molecule has 0 radical (unpaired) electrons. The van der Waals surface area contributed by atoms with E-state index in [1.165, 1.54) is 6.07 Å². The highest BCUT2D eigenvalue weighted by Gasteiger charge is 2.21. The van der Waals surface area contributed by atoms with Gasteiger partial charge in [0.25, 0.3) is 0 Å². The molecule has 1 heterocycles. The number of fused-ring (bicyclic) bond motifs is 1. The average Bonchev–Trinajstić information content (AvgIpc) is 2.48. The smallest absolute Gasteiger partial charge is 0.236 e. The molecule has 0 amide bonds. The molecular weight excluding hydrogens is 263 g/mol. The number of benzene rings is 1. The molecule has 4 nitrogen and oxygen atoms in total. The zero-order valence-electron chi connectivity index (χ0n) is 7.37. The van der Waals surface area contributed by atoms with Gasteiger partial charge in [0, 0.05) is 27.3 Å². The van der Waals surface area contributed by atoms with Crippen molar-refractivity contribution in [2.24, 2.45) is 0 Å². The fourth-order valence-corrected chi connectivity index (χ4v) is 2.51. The second kappa shape index (κ2) is 3.73. The highest BCUT2D eigenvalue weighted by atomic mass is 35.7. The van der Waals surface area contributed by atoms with Crippen molar-refractivity contribution in [3.8, 4) is 11.5 Å². The third-order valence-electron chi connectivity index (χ3n) is 1.84. The summed E-state index contributed by atoms with van der Waals surface area (Å²) in [7, 11) is 1.52. The van der Waals surface area contributed by atoms with Crippen LogP contribution in [0.25, 0.3) is 0 Å². The Morgan fingerprint density at radius 1 is 1.33 bits per heavy atom. The van der Waals surface area contributed by atoms with Gasteiger partial charge in [-0.1, -0.05) is 11.6 Å². The number of rotatable bonds is 2. The summed E-state index contributed by atoms with van der Waals surface area (Å²) in [4.78, 5) is 0. The van der Waals surface area contributed by atoms with Crippen LogP contribution < -0.4 is 9.47 Å². The summed E-state index contributed by atoms with van der Waals surface area (Å²) in [6, 6.07) is 3.06. The van der Waals surface area contributed by atoms with Gasteiger partial charge in [-0.25, -0.2) is 8.42 Å². The van der Waals surface area contributed by atoms with Crippen LogP contribution >= 0.6 is 22.3 Å². The second-order valence-electron chi connectivity index (χ2n) is 2.98. The predicted octanol–water partition coefficient (Wildman–Crippen LogP) is 2.14. The maximum absolute atomic E-state index is 10.9. The Bertz CT molecular complexity index is 498. The molecule has 0 aliphatic carbocycles. The van der Waals surface area contributed by atoms with Crippen LogP contribution in [-0.4, -0.2) is 15.2 Å². The van der Waals surface area contributed by atoms with Crippen LogP contribution in [0.1, 0.15) is 5.56 Å².